The van der Waals surface area contributed by atoms with Crippen LogP contribution in [0.25, 0.3) is 11.0 Å². The molecule has 0 aliphatic carbocycles. The zero-order chi connectivity index (χ0) is 18.0. The number of carbonyl (C=O) groups excluding carboxylic acids is 1. The van der Waals surface area contributed by atoms with Crippen molar-refractivity contribution in [2.24, 2.45) is 0 Å². The molecule has 0 saturated carbocycles. The number of carbonyl (C=O) groups is 1. The molecule has 5 nitrogen and oxygen atoms in total. The number of rotatable bonds is 3. The van der Waals surface area contributed by atoms with Crippen LogP contribution in [-0.2, 0) is 0 Å². The van der Waals surface area contributed by atoms with Gasteiger partial charge in [0.2, 0.25) is 0 Å². The van der Waals surface area contributed by atoms with Crippen molar-refractivity contribution < 1.29 is 13.9 Å². The molecule has 1 aromatic heterocycles. The van der Waals surface area contributed by atoms with Gasteiger partial charge in [-0.25, -0.2) is 9.59 Å². The number of esters is 1. The van der Waals surface area contributed by atoms with Gasteiger partial charge in [0.15, 0.2) is 0 Å². The van der Waals surface area contributed by atoms with Crippen molar-refractivity contribution in [1.82, 2.24) is 0 Å². The minimum Gasteiger partial charge on any atom is -0.423 e. The summed E-state index contributed by atoms with van der Waals surface area (Å²) >= 11 is 0. The topological polar surface area (TPSA) is 80.3 Å². The number of ether oxygens (including phenoxy) is 1. The van der Waals surface area contributed by atoms with Crippen molar-refractivity contribution >= 4 is 16.9 Å². The fourth-order valence-corrected chi connectivity index (χ4v) is 2.59. The number of nitriles is 1. The molecule has 3 aromatic rings. The van der Waals surface area contributed by atoms with Gasteiger partial charge < -0.3 is 9.15 Å². The second-order valence-electron chi connectivity index (χ2n) is 5.92. The van der Waals surface area contributed by atoms with E-state index < -0.39 is 11.6 Å². The molecule has 2 aromatic carbocycles. The number of nitrogens with zero attached hydrogens (tertiary/aromatic N) is 1. The second kappa shape index (κ2) is 6.62. The maximum absolute atomic E-state index is 12.2. The van der Waals surface area contributed by atoms with Crippen LogP contribution < -0.4 is 10.4 Å². The van der Waals surface area contributed by atoms with Gasteiger partial charge in [-0.05, 0) is 41.8 Å². The summed E-state index contributed by atoms with van der Waals surface area (Å²) in [6, 6.07) is 14.6. The third kappa shape index (κ3) is 3.43. The molecular formula is C20H15NO4. The molecule has 0 saturated heterocycles. The lowest BCUT2D eigenvalue weighted by Gasteiger charge is -2.10. The maximum Gasteiger partial charge on any atom is 0.343 e. The summed E-state index contributed by atoms with van der Waals surface area (Å²) in [4.78, 5) is 24.0. The molecule has 5 heteroatoms. The molecule has 0 atom stereocenters. The first-order valence-corrected chi connectivity index (χ1v) is 7.78. The van der Waals surface area contributed by atoms with Gasteiger partial charge >= 0.3 is 11.6 Å². The number of benzene rings is 2. The Balaban J connectivity index is 1.96. The molecule has 0 bridgehead atoms. The number of hydrogen-bond donors (Lipinski definition) is 0. The van der Waals surface area contributed by atoms with E-state index in [4.69, 9.17) is 14.4 Å². The quantitative estimate of drug-likeness (QED) is 0.411. The summed E-state index contributed by atoms with van der Waals surface area (Å²) in [5.74, 6) is -0.156. The monoisotopic (exact) mass is 333 g/mol. The summed E-state index contributed by atoms with van der Waals surface area (Å²) in [5, 5.41) is 9.71. The standard InChI is InChI=1S/C20H15NO4/c1-12(2)17-10-19(22)25-18-9-15(6-7-16(17)18)24-20(23)14-5-3-4-13(8-14)11-21/h3-10,12H,1-2H3. The van der Waals surface area contributed by atoms with Gasteiger partial charge in [0, 0.05) is 17.5 Å². The first-order chi connectivity index (χ1) is 12.0. The maximum atomic E-state index is 12.2. The van der Waals surface area contributed by atoms with E-state index in [0.717, 1.165) is 10.9 Å². The molecule has 1 heterocycles. The van der Waals surface area contributed by atoms with Crippen LogP contribution >= 0.6 is 0 Å². The molecule has 0 spiro atoms. The molecule has 0 fully saturated rings. The highest BCUT2D eigenvalue weighted by molar-refractivity contribution is 5.92. The minimum absolute atomic E-state index is 0.161. The second-order valence-corrected chi connectivity index (χ2v) is 5.92. The smallest absolute Gasteiger partial charge is 0.343 e. The van der Waals surface area contributed by atoms with Crippen molar-refractivity contribution in [3.05, 3.63) is 75.6 Å². The highest BCUT2D eigenvalue weighted by Crippen LogP contribution is 2.27. The lowest BCUT2D eigenvalue weighted by Crippen LogP contribution is -2.09. The van der Waals surface area contributed by atoms with Crippen LogP contribution in [0.5, 0.6) is 5.75 Å². The van der Waals surface area contributed by atoms with Gasteiger partial charge in [-0.3, -0.25) is 0 Å². The lowest BCUT2D eigenvalue weighted by atomic mass is 10.00. The Kier molecular flexibility index (Phi) is 4.36. The Morgan fingerprint density at radius 1 is 1.16 bits per heavy atom. The largest absolute Gasteiger partial charge is 0.423 e. The van der Waals surface area contributed by atoms with Crippen LogP contribution in [0.1, 0.15) is 41.3 Å². The highest BCUT2D eigenvalue weighted by Gasteiger charge is 2.13. The van der Waals surface area contributed by atoms with Gasteiger partial charge in [0.05, 0.1) is 17.2 Å². The van der Waals surface area contributed by atoms with E-state index in [1.165, 1.54) is 18.2 Å². The summed E-state index contributed by atoms with van der Waals surface area (Å²) in [7, 11) is 0. The van der Waals surface area contributed by atoms with Crippen LogP contribution in [0.3, 0.4) is 0 Å². The molecule has 3 rings (SSSR count). The van der Waals surface area contributed by atoms with Crippen molar-refractivity contribution in [1.29, 1.82) is 5.26 Å². The summed E-state index contributed by atoms with van der Waals surface area (Å²) in [6.07, 6.45) is 0. The van der Waals surface area contributed by atoms with Crippen LogP contribution in [0, 0.1) is 11.3 Å². The molecule has 25 heavy (non-hydrogen) atoms. The van der Waals surface area contributed by atoms with E-state index >= 15 is 0 Å². The first-order valence-electron chi connectivity index (χ1n) is 7.78. The van der Waals surface area contributed by atoms with Gasteiger partial charge in [-0.2, -0.15) is 5.26 Å². The molecule has 0 unspecified atom stereocenters. The molecule has 0 amide bonds. The van der Waals surface area contributed by atoms with Gasteiger partial charge in [0.1, 0.15) is 11.3 Å². The van der Waals surface area contributed by atoms with Crippen molar-refractivity contribution in [3.8, 4) is 11.8 Å². The molecular weight excluding hydrogens is 318 g/mol. The van der Waals surface area contributed by atoms with E-state index in [1.54, 1.807) is 30.3 Å². The summed E-state index contributed by atoms with van der Waals surface area (Å²) in [6.45, 7) is 3.98. The SMILES string of the molecule is CC(C)c1cc(=O)oc2cc(OC(=O)c3cccc(C#N)c3)ccc12. The summed E-state index contributed by atoms with van der Waals surface area (Å²) in [5.41, 5.74) is 1.46. The third-order valence-corrected chi connectivity index (χ3v) is 3.81. The Bertz CT molecular complexity index is 1060. The van der Waals surface area contributed by atoms with Gasteiger partial charge in [-0.15, -0.1) is 0 Å². The molecule has 124 valence electrons. The van der Waals surface area contributed by atoms with Crippen LogP contribution in [0.15, 0.2) is 57.7 Å². The molecule has 0 N–H and O–H groups in total. The molecule has 0 aliphatic heterocycles. The van der Waals surface area contributed by atoms with E-state index in [1.807, 2.05) is 19.9 Å². The van der Waals surface area contributed by atoms with Crippen LogP contribution in [0.4, 0.5) is 0 Å². The van der Waals surface area contributed by atoms with E-state index in [0.29, 0.717) is 11.1 Å². The van der Waals surface area contributed by atoms with E-state index in [2.05, 4.69) is 0 Å². The Morgan fingerprint density at radius 3 is 2.68 bits per heavy atom. The molecule has 0 aliphatic rings. The summed E-state index contributed by atoms with van der Waals surface area (Å²) < 4.78 is 10.6. The average molecular weight is 333 g/mol. The van der Waals surface area contributed by atoms with Crippen molar-refractivity contribution in [3.63, 3.8) is 0 Å². The van der Waals surface area contributed by atoms with E-state index in [-0.39, 0.29) is 17.2 Å². The fraction of sp³-hybridized carbons (Fsp3) is 0.150. The Labute approximate surface area is 144 Å². The number of hydrogen-bond acceptors (Lipinski definition) is 5. The predicted molar refractivity (Wildman–Crippen MR) is 92.7 cm³/mol. The minimum atomic E-state index is -0.584. The van der Waals surface area contributed by atoms with E-state index in [9.17, 15) is 9.59 Å². The highest BCUT2D eigenvalue weighted by atomic mass is 16.5. The normalized spacial score (nSPS) is 10.6. The number of fused-ring (bicyclic) bond motifs is 1. The van der Waals surface area contributed by atoms with Crippen molar-refractivity contribution in [2.45, 2.75) is 19.8 Å². The average Bonchev–Trinajstić information content (AvgIpc) is 2.60. The van der Waals surface area contributed by atoms with Gasteiger partial charge in [-0.1, -0.05) is 19.9 Å². The Hall–Kier alpha value is -3.39. The fourth-order valence-electron chi connectivity index (χ4n) is 2.59. The van der Waals surface area contributed by atoms with Crippen LogP contribution in [0.2, 0.25) is 0 Å². The van der Waals surface area contributed by atoms with Crippen molar-refractivity contribution in [2.75, 3.05) is 0 Å². The predicted octanol–water partition coefficient (Wildman–Crippen LogP) is 4.01. The first kappa shape index (κ1) is 16.5. The lowest BCUT2D eigenvalue weighted by molar-refractivity contribution is 0.0735. The third-order valence-electron chi connectivity index (χ3n) is 3.81. The van der Waals surface area contributed by atoms with Crippen LogP contribution in [-0.4, -0.2) is 5.97 Å². The molecule has 0 radical (unpaired) electrons. The Morgan fingerprint density at radius 2 is 1.96 bits per heavy atom. The zero-order valence-corrected chi connectivity index (χ0v) is 13.8. The zero-order valence-electron chi connectivity index (χ0n) is 13.8. The van der Waals surface area contributed by atoms with Gasteiger partial charge in [0.25, 0.3) is 0 Å².